The van der Waals surface area contributed by atoms with Gasteiger partial charge in [0.25, 0.3) is 0 Å². The Balaban J connectivity index is 1.38. The molecule has 0 aromatic heterocycles. The first-order valence-electron chi connectivity index (χ1n) is 14.5. The number of alkyl halides is 9. The Hall–Kier alpha value is -2.88. The van der Waals surface area contributed by atoms with Gasteiger partial charge in [-0.15, -0.1) is 13.2 Å². The third-order valence-electron chi connectivity index (χ3n) is 8.18. The molecule has 0 bridgehead atoms. The molecule has 258 valence electrons. The summed E-state index contributed by atoms with van der Waals surface area (Å²) in [5.41, 5.74) is -4.17. The molecule has 16 heteroatoms. The smallest absolute Gasteiger partial charge is 0.432 e. The summed E-state index contributed by atoms with van der Waals surface area (Å²) >= 11 is 0. The molecule has 2 aromatic carbocycles. The lowest BCUT2D eigenvalue weighted by Gasteiger charge is -2.39. The average Bonchev–Trinajstić information content (AvgIpc) is 2.91. The normalized spacial score (nSPS) is 23.3. The van der Waals surface area contributed by atoms with Crippen LogP contribution in [0.3, 0.4) is 0 Å². The lowest BCUT2D eigenvalue weighted by Crippen LogP contribution is -2.40. The Labute approximate surface area is 255 Å². The molecule has 1 aliphatic carbocycles. The summed E-state index contributed by atoms with van der Waals surface area (Å²) in [5, 5.41) is 0. The molecule has 2 aromatic rings. The van der Waals surface area contributed by atoms with Crippen LogP contribution in [0, 0.1) is 35.2 Å². The highest BCUT2D eigenvalue weighted by Gasteiger charge is 2.50. The van der Waals surface area contributed by atoms with Crippen LogP contribution in [-0.4, -0.2) is 25.2 Å². The highest BCUT2D eigenvalue weighted by Crippen LogP contribution is 2.45. The second-order valence-corrected chi connectivity index (χ2v) is 11.5. The minimum Gasteiger partial charge on any atom is -0.432 e. The molecule has 2 atom stereocenters. The minimum atomic E-state index is -6.02. The summed E-state index contributed by atoms with van der Waals surface area (Å²) in [4.78, 5) is 0. The first kappa shape index (κ1) is 36.0. The number of hydrogen-bond donors (Lipinski definition) is 0. The fraction of sp³-hybridized carbons (Fsp3) is 0.600. The molecule has 1 saturated heterocycles. The molecule has 46 heavy (non-hydrogen) atoms. The van der Waals surface area contributed by atoms with Gasteiger partial charge in [-0.1, -0.05) is 13.3 Å². The Kier molecular flexibility index (Phi) is 10.7. The first-order valence-corrected chi connectivity index (χ1v) is 14.5. The van der Waals surface area contributed by atoms with Crippen molar-refractivity contribution in [2.75, 3.05) is 6.61 Å². The van der Waals surface area contributed by atoms with Crippen LogP contribution in [-0.2, 0) is 21.7 Å². The SMILES string of the molecule is CCCC1CCC(C2CCC(C(F)(F)Oc3ccc(C(F)(F)Oc4cc(F)c(C(F)(F)OC(F)(F)F)c(F)c4)c(F)c3)CC2)OC1. The summed E-state index contributed by atoms with van der Waals surface area (Å²) in [6.07, 6.45) is -15.1. The van der Waals surface area contributed by atoms with Crippen LogP contribution in [0.5, 0.6) is 11.5 Å². The molecular formula is C30H30F12O4. The van der Waals surface area contributed by atoms with Crippen molar-refractivity contribution in [2.45, 2.75) is 89.1 Å². The van der Waals surface area contributed by atoms with Crippen LogP contribution >= 0.6 is 0 Å². The molecule has 1 aliphatic heterocycles. The van der Waals surface area contributed by atoms with E-state index in [1.807, 2.05) is 0 Å². The monoisotopic (exact) mass is 682 g/mol. The highest BCUT2D eigenvalue weighted by molar-refractivity contribution is 5.35. The highest BCUT2D eigenvalue weighted by atomic mass is 19.4. The third-order valence-corrected chi connectivity index (χ3v) is 8.18. The molecule has 0 spiro atoms. The number of ether oxygens (including phenoxy) is 4. The lowest BCUT2D eigenvalue weighted by molar-refractivity contribution is -0.432. The van der Waals surface area contributed by atoms with Crippen LogP contribution in [0.1, 0.15) is 69.4 Å². The van der Waals surface area contributed by atoms with Gasteiger partial charge in [-0.3, -0.25) is 0 Å². The minimum absolute atomic E-state index is 0.00982. The van der Waals surface area contributed by atoms with Crippen LogP contribution in [0.25, 0.3) is 0 Å². The maximum Gasteiger partial charge on any atom is 0.527 e. The lowest BCUT2D eigenvalue weighted by atomic mass is 9.76. The van der Waals surface area contributed by atoms with Gasteiger partial charge in [-0.2, -0.15) is 26.3 Å². The fourth-order valence-electron chi connectivity index (χ4n) is 5.98. The van der Waals surface area contributed by atoms with Gasteiger partial charge < -0.3 is 14.2 Å². The Morgan fingerprint density at radius 3 is 1.85 bits per heavy atom. The van der Waals surface area contributed by atoms with Gasteiger partial charge in [0.1, 0.15) is 40.1 Å². The number of halogens is 12. The molecule has 4 rings (SSSR count). The zero-order valence-corrected chi connectivity index (χ0v) is 24.2. The standard InChI is InChI=1S/C30H30F12O4/c1-2-3-16-4-11-25(43-15-16)17-5-7-18(8-6-17)27(34,35)44-19-9-10-21(22(31)12-19)28(36,37)45-20-13-23(32)26(24(33)14-20)29(38,39)46-30(40,41)42/h9-10,12-14,16-18,25H,2-8,11,15H2,1H3. The molecule has 2 fully saturated rings. The van der Waals surface area contributed by atoms with E-state index in [1.165, 1.54) is 0 Å². The molecule has 0 amide bonds. The Morgan fingerprint density at radius 1 is 0.717 bits per heavy atom. The average molecular weight is 683 g/mol. The van der Waals surface area contributed by atoms with E-state index in [9.17, 15) is 52.7 Å². The van der Waals surface area contributed by atoms with E-state index in [0.29, 0.717) is 37.5 Å². The van der Waals surface area contributed by atoms with E-state index in [4.69, 9.17) is 4.74 Å². The molecule has 0 radical (unpaired) electrons. The Morgan fingerprint density at radius 2 is 1.33 bits per heavy atom. The quantitative estimate of drug-likeness (QED) is 0.221. The van der Waals surface area contributed by atoms with Gasteiger partial charge >= 0.3 is 24.7 Å². The molecular weight excluding hydrogens is 652 g/mol. The van der Waals surface area contributed by atoms with Gasteiger partial charge in [-0.25, -0.2) is 17.9 Å². The first-order chi connectivity index (χ1) is 21.3. The third kappa shape index (κ3) is 8.72. The van der Waals surface area contributed by atoms with Crippen molar-refractivity contribution in [1.29, 1.82) is 0 Å². The van der Waals surface area contributed by atoms with Crippen LogP contribution in [0.15, 0.2) is 30.3 Å². The van der Waals surface area contributed by atoms with E-state index in [0.717, 1.165) is 25.7 Å². The predicted molar refractivity (Wildman–Crippen MR) is 137 cm³/mol. The van der Waals surface area contributed by atoms with E-state index < -0.39 is 70.7 Å². The molecule has 1 saturated carbocycles. The van der Waals surface area contributed by atoms with Gasteiger partial charge in [-0.05, 0) is 68.9 Å². The van der Waals surface area contributed by atoms with Crippen molar-refractivity contribution in [3.8, 4) is 11.5 Å². The molecule has 2 unspecified atom stereocenters. The number of rotatable bonds is 11. The van der Waals surface area contributed by atoms with Crippen LogP contribution in [0.2, 0.25) is 0 Å². The van der Waals surface area contributed by atoms with Crippen molar-refractivity contribution in [3.05, 3.63) is 58.9 Å². The molecule has 1 heterocycles. The fourth-order valence-corrected chi connectivity index (χ4v) is 5.98. The molecule has 4 nitrogen and oxygen atoms in total. The van der Waals surface area contributed by atoms with Crippen LogP contribution in [0.4, 0.5) is 52.7 Å². The second kappa shape index (κ2) is 13.7. The molecule has 0 N–H and O–H groups in total. The zero-order chi connectivity index (χ0) is 34.1. The van der Waals surface area contributed by atoms with Crippen molar-refractivity contribution >= 4 is 0 Å². The van der Waals surface area contributed by atoms with E-state index in [1.54, 1.807) is 0 Å². The summed E-state index contributed by atoms with van der Waals surface area (Å²) < 4.78 is 183. The van der Waals surface area contributed by atoms with Gasteiger partial charge in [0.2, 0.25) is 0 Å². The Bertz CT molecular complexity index is 1310. The largest absolute Gasteiger partial charge is 0.527 e. The van der Waals surface area contributed by atoms with Crippen molar-refractivity contribution < 1.29 is 71.6 Å². The second-order valence-electron chi connectivity index (χ2n) is 11.5. The van der Waals surface area contributed by atoms with Crippen molar-refractivity contribution in [1.82, 2.24) is 0 Å². The summed E-state index contributed by atoms with van der Waals surface area (Å²) in [7, 11) is 0. The van der Waals surface area contributed by atoms with E-state index in [2.05, 4.69) is 21.1 Å². The van der Waals surface area contributed by atoms with E-state index in [-0.39, 0.29) is 43.1 Å². The predicted octanol–water partition coefficient (Wildman–Crippen LogP) is 10.2. The summed E-state index contributed by atoms with van der Waals surface area (Å²) in [6.45, 7) is 2.74. The van der Waals surface area contributed by atoms with Crippen molar-refractivity contribution in [2.24, 2.45) is 17.8 Å². The topological polar surface area (TPSA) is 36.9 Å². The maximum absolute atomic E-state index is 15.0. The van der Waals surface area contributed by atoms with Gasteiger partial charge in [0, 0.05) is 24.8 Å². The van der Waals surface area contributed by atoms with Gasteiger partial charge in [0.15, 0.2) is 0 Å². The van der Waals surface area contributed by atoms with Crippen LogP contribution < -0.4 is 9.47 Å². The van der Waals surface area contributed by atoms with Gasteiger partial charge in [0.05, 0.1) is 12.0 Å². The van der Waals surface area contributed by atoms with Crippen molar-refractivity contribution in [3.63, 3.8) is 0 Å². The summed E-state index contributed by atoms with van der Waals surface area (Å²) in [6, 6.07) is 0.504. The number of benzene rings is 2. The van der Waals surface area contributed by atoms with E-state index >= 15 is 0 Å². The zero-order valence-electron chi connectivity index (χ0n) is 24.2. The maximum atomic E-state index is 15.0. The number of hydrogen-bond acceptors (Lipinski definition) is 4. The molecule has 2 aliphatic rings. The summed E-state index contributed by atoms with van der Waals surface area (Å²) in [5.74, 6) is -9.70.